The summed E-state index contributed by atoms with van der Waals surface area (Å²) < 4.78 is 1.77. The molecule has 4 nitrogen and oxygen atoms in total. The van der Waals surface area contributed by atoms with Crippen molar-refractivity contribution in [2.45, 2.75) is 39.2 Å². The molecule has 130 valence electrons. The van der Waals surface area contributed by atoms with E-state index in [9.17, 15) is 0 Å². The number of hydrogen-bond donors (Lipinski definition) is 1. The molecule has 0 spiro atoms. The summed E-state index contributed by atoms with van der Waals surface area (Å²) in [6.45, 7) is 8.34. The fourth-order valence-corrected chi connectivity index (χ4v) is 3.64. The summed E-state index contributed by atoms with van der Waals surface area (Å²) in [6.07, 6.45) is 2.30. The Morgan fingerprint density at radius 2 is 2.08 bits per heavy atom. The summed E-state index contributed by atoms with van der Waals surface area (Å²) in [7, 11) is 1.91. The number of fused-ring (bicyclic) bond motifs is 1. The van der Waals surface area contributed by atoms with Gasteiger partial charge in [-0.05, 0) is 36.9 Å². The van der Waals surface area contributed by atoms with Crippen molar-refractivity contribution in [3.63, 3.8) is 0 Å². The van der Waals surface area contributed by atoms with Crippen LogP contribution in [-0.2, 0) is 20.0 Å². The lowest BCUT2D eigenvalue weighted by Crippen LogP contribution is -2.25. The van der Waals surface area contributed by atoms with E-state index in [1.807, 2.05) is 7.05 Å². The minimum atomic E-state index is 0.390. The van der Waals surface area contributed by atoms with Crippen LogP contribution in [0.15, 0.2) is 24.3 Å². The van der Waals surface area contributed by atoms with Crippen LogP contribution >= 0.6 is 11.6 Å². The quantitative estimate of drug-likeness (QED) is 0.775. The molecule has 0 fully saturated rings. The third kappa shape index (κ3) is 3.60. The molecular weight excluding hydrogens is 320 g/mol. The second-order valence-electron chi connectivity index (χ2n) is 6.83. The Kier molecular flexibility index (Phi) is 5.47. The van der Waals surface area contributed by atoms with Gasteiger partial charge >= 0.3 is 0 Å². The first-order valence-electron chi connectivity index (χ1n) is 8.82. The van der Waals surface area contributed by atoms with Crippen molar-refractivity contribution in [1.82, 2.24) is 15.1 Å². The minimum Gasteiger partial charge on any atom is -0.371 e. The van der Waals surface area contributed by atoms with Crippen LogP contribution in [0.25, 0.3) is 0 Å². The van der Waals surface area contributed by atoms with Gasteiger partial charge in [0, 0.05) is 37.9 Å². The van der Waals surface area contributed by atoms with E-state index < -0.39 is 0 Å². The summed E-state index contributed by atoms with van der Waals surface area (Å²) >= 11 is 6.38. The third-order valence-corrected chi connectivity index (χ3v) is 5.19. The fraction of sp³-hybridized carbons (Fsp3) is 0.526. The molecule has 1 aliphatic heterocycles. The van der Waals surface area contributed by atoms with Gasteiger partial charge in [0.1, 0.15) is 5.15 Å². The van der Waals surface area contributed by atoms with Gasteiger partial charge in [-0.2, -0.15) is 5.10 Å². The smallest absolute Gasteiger partial charge is 0.131 e. The van der Waals surface area contributed by atoms with Gasteiger partial charge in [0.15, 0.2) is 0 Å². The Bertz CT molecular complexity index is 693. The maximum atomic E-state index is 6.38. The molecule has 1 aliphatic rings. The molecular formula is C19H27ClN4. The van der Waals surface area contributed by atoms with Crippen LogP contribution in [0.2, 0.25) is 5.15 Å². The van der Waals surface area contributed by atoms with Gasteiger partial charge in [0.05, 0.1) is 5.69 Å². The zero-order chi connectivity index (χ0) is 17.1. The van der Waals surface area contributed by atoms with E-state index in [1.165, 1.54) is 17.7 Å². The fourth-order valence-electron chi connectivity index (χ4n) is 3.44. The number of nitrogens with zero attached hydrogens (tertiary/aromatic N) is 3. The van der Waals surface area contributed by atoms with E-state index >= 15 is 0 Å². The number of aryl methyl sites for hydroxylation is 1. The topological polar surface area (TPSA) is 33.1 Å². The molecule has 2 heterocycles. The first-order chi connectivity index (χ1) is 11.6. The molecule has 0 unspecified atom stereocenters. The molecule has 24 heavy (non-hydrogen) atoms. The second kappa shape index (κ2) is 7.58. The standard InChI is InChI=1S/C19H27ClN4/c1-14(2)18-16(19(20)23(3)22-18)13-21-10-6-11-24-12-9-15-7-4-5-8-17(15)24/h4-5,7-8,14,21H,6,9-13H2,1-3H3. The van der Waals surface area contributed by atoms with Crippen LogP contribution in [-0.4, -0.2) is 29.4 Å². The summed E-state index contributed by atoms with van der Waals surface area (Å²) in [5, 5.41) is 8.82. The van der Waals surface area contributed by atoms with E-state index in [4.69, 9.17) is 11.6 Å². The highest BCUT2D eigenvalue weighted by atomic mass is 35.5. The van der Waals surface area contributed by atoms with Crippen molar-refractivity contribution < 1.29 is 0 Å². The van der Waals surface area contributed by atoms with Gasteiger partial charge in [-0.15, -0.1) is 0 Å². The van der Waals surface area contributed by atoms with E-state index in [0.29, 0.717) is 5.92 Å². The molecule has 1 aromatic carbocycles. The number of halogens is 1. The lowest BCUT2D eigenvalue weighted by atomic mass is 10.1. The largest absolute Gasteiger partial charge is 0.371 e. The second-order valence-corrected chi connectivity index (χ2v) is 7.19. The molecule has 0 amide bonds. The highest BCUT2D eigenvalue weighted by molar-refractivity contribution is 6.30. The van der Waals surface area contributed by atoms with Crippen molar-refractivity contribution in [3.8, 4) is 0 Å². The Labute approximate surface area is 149 Å². The molecule has 0 saturated heterocycles. The number of anilines is 1. The Hall–Kier alpha value is -1.52. The van der Waals surface area contributed by atoms with Crippen LogP contribution in [0.3, 0.4) is 0 Å². The number of nitrogens with one attached hydrogen (secondary N) is 1. The number of benzene rings is 1. The predicted molar refractivity (Wildman–Crippen MR) is 101 cm³/mol. The number of aromatic nitrogens is 2. The van der Waals surface area contributed by atoms with E-state index in [0.717, 1.165) is 49.0 Å². The lowest BCUT2D eigenvalue weighted by molar-refractivity contribution is 0.633. The summed E-state index contributed by atoms with van der Waals surface area (Å²) in [6, 6.07) is 8.74. The van der Waals surface area contributed by atoms with Gasteiger partial charge in [0.2, 0.25) is 0 Å². The van der Waals surface area contributed by atoms with Gasteiger partial charge in [-0.25, -0.2) is 0 Å². The normalized spacial score (nSPS) is 13.8. The van der Waals surface area contributed by atoms with Crippen LogP contribution in [0.1, 0.15) is 43.0 Å². The first kappa shape index (κ1) is 17.3. The van der Waals surface area contributed by atoms with Crippen LogP contribution in [0.5, 0.6) is 0 Å². The highest BCUT2D eigenvalue weighted by Crippen LogP contribution is 2.27. The first-order valence-corrected chi connectivity index (χ1v) is 9.20. The third-order valence-electron chi connectivity index (χ3n) is 4.71. The maximum absolute atomic E-state index is 6.38. The van der Waals surface area contributed by atoms with Crippen molar-refractivity contribution in [2.24, 2.45) is 7.05 Å². The molecule has 0 radical (unpaired) electrons. The number of rotatable bonds is 7. The summed E-state index contributed by atoms with van der Waals surface area (Å²) in [5.74, 6) is 0.390. The van der Waals surface area contributed by atoms with Crippen LogP contribution in [0.4, 0.5) is 5.69 Å². The minimum absolute atomic E-state index is 0.390. The van der Waals surface area contributed by atoms with Crippen molar-refractivity contribution >= 4 is 17.3 Å². The zero-order valence-corrected chi connectivity index (χ0v) is 15.6. The number of para-hydroxylation sites is 1. The van der Waals surface area contributed by atoms with E-state index in [-0.39, 0.29) is 0 Å². The molecule has 0 bridgehead atoms. The summed E-state index contributed by atoms with van der Waals surface area (Å²) in [5.41, 5.74) is 5.13. The number of hydrogen-bond acceptors (Lipinski definition) is 3. The summed E-state index contributed by atoms with van der Waals surface area (Å²) in [4.78, 5) is 2.49. The predicted octanol–water partition coefficient (Wildman–Crippen LogP) is 3.74. The Balaban J connectivity index is 1.47. The van der Waals surface area contributed by atoms with Crippen LogP contribution in [0, 0.1) is 0 Å². The van der Waals surface area contributed by atoms with Crippen molar-refractivity contribution in [3.05, 3.63) is 46.2 Å². The van der Waals surface area contributed by atoms with Crippen LogP contribution < -0.4 is 10.2 Å². The average Bonchev–Trinajstić information content (AvgIpc) is 3.10. The van der Waals surface area contributed by atoms with Crippen molar-refractivity contribution in [1.29, 1.82) is 0 Å². The molecule has 0 saturated carbocycles. The SMILES string of the molecule is CC(C)c1nn(C)c(Cl)c1CNCCCN1CCc2ccccc21. The average molecular weight is 347 g/mol. The molecule has 1 N–H and O–H groups in total. The van der Waals surface area contributed by atoms with Gasteiger partial charge in [-0.3, -0.25) is 4.68 Å². The van der Waals surface area contributed by atoms with E-state index in [2.05, 4.69) is 53.4 Å². The van der Waals surface area contributed by atoms with Gasteiger partial charge in [0.25, 0.3) is 0 Å². The van der Waals surface area contributed by atoms with Crippen molar-refractivity contribution in [2.75, 3.05) is 24.5 Å². The molecule has 0 atom stereocenters. The molecule has 3 rings (SSSR count). The molecule has 2 aromatic rings. The Morgan fingerprint density at radius 3 is 2.88 bits per heavy atom. The molecule has 1 aromatic heterocycles. The van der Waals surface area contributed by atoms with Gasteiger partial charge < -0.3 is 10.2 Å². The van der Waals surface area contributed by atoms with E-state index in [1.54, 1.807) is 4.68 Å². The lowest BCUT2D eigenvalue weighted by Gasteiger charge is -2.19. The molecule has 5 heteroatoms. The van der Waals surface area contributed by atoms with Gasteiger partial charge in [-0.1, -0.05) is 43.6 Å². The molecule has 0 aliphatic carbocycles. The zero-order valence-electron chi connectivity index (χ0n) is 14.8. The monoisotopic (exact) mass is 346 g/mol. The highest BCUT2D eigenvalue weighted by Gasteiger charge is 2.18. The maximum Gasteiger partial charge on any atom is 0.131 e. The Morgan fingerprint density at radius 1 is 1.29 bits per heavy atom.